The molecule has 1 fully saturated rings. The number of nitrogens with two attached hydrogens (primary N) is 1. The van der Waals surface area contributed by atoms with Crippen molar-refractivity contribution in [1.82, 2.24) is 4.90 Å². The molecule has 1 aromatic carbocycles. The highest BCUT2D eigenvalue weighted by atomic mass is 19.1. The topological polar surface area (TPSA) is 38.5 Å². The van der Waals surface area contributed by atoms with E-state index < -0.39 is 0 Å². The maximum absolute atomic E-state index is 14.1. The summed E-state index contributed by atoms with van der Waals surface area (Å²) in [5, 5.41) is 0. The lowest BCUT2D eigenvalue weighted by Crippen LogP contribution is -2.37. The fourth-order valence-corrected chi connectivity index (χ4v) is 3.52. The lowest BCUT2D eigenvalue weighted by Gasteiger charge is -2.36. The molecule has 1 heterocycles. The average molecular weight is 308 g/mol. The minimum Gasteiger partial charge on any atom is -0.491 e. The Balaban J connectivity index is 2.04. The molecule has 1 aliphatic rings. The van der Waals surface area contributed by atoms with Gasteiger partial charge in [-0.2, -0.15) is 0 Å². The number of halogens is 1. The predicted octanol–water partition coefficient (Wildman–Crippen LogP) is 3.39. The number of piperidine rings is 1. The van der Waals surface area contributed by atoms with E-state index in [0.29, 0.717) is 24.8 Å². The molecule has 0 radical (unpaired) electrons. The minimum absolute atomic E-state index is 0.244. The molecule has 0 bridgehead atoms. The van der Waals surface area contributed by atoms with Crippen molar-refractivity contribution in [3.8, 4) is 5.75 Å². The number of nitrogens with zero attached hydrogens (tertiary/aromatic N) is 1. The maximum atomic E-state index is 14.1. The van der Waals surface area contributed by atoms with Gasteiger partial charge in [0.1, 0.15) is 0 Å². The monoisotopic (exact) mass is 308 g/mol. The quantitative estimate of drug-likeness (QED) is 0.839. The summed E-state index contributed by atoms with van der Waals surface area (Å²) < 4.78 is 19.4. The van der Waals surface area contributed by atoms with Crippen LogP contribution in [0.15, 0.2) is 18.2 Å². The number of likely N-dealkylation sites (tertiary alicyclic amines) is 1. The largest absolute Gasteiger partial charge is 0.491 e. The molecule has 2 N–H and O–H groups in total. The highest BCUT2D eigenvalue weighted by molar-refractivity contribution is 5.32. The molecule has 22 heavy (non-hydrogen) atoms. The van der Waals surface area contributed by atoms with E-state index in [1.165, 1.54) is 13.0 Å². The summed E-state index contributed by atoms with van der Waals surface area (Å²) in [4.78, 5) is 2.52. The van der Waals surface area contributed by atoms with Gasteiger partial charge in [0.2, 0.25) is 0 Å². The van der Waals surface area contributed by atoms with Gasteiger partial charge in [-0.25, -0.2) is 4.39 Å². The second-order valence-electron chi connectivity index (χ2n) is 6.14. The zero-order chi connectivity index (χ0) is 15.9. The van der Waals surface area contributed by atoms with Gasteiger partial charge in [0.05, 0.1) is 6.61 Å². The molecule has 0 aromatic heterocycles. The van der Waals surface area contributed by atoms with Crippen molar-refractivity contribution in [1.29, 1.82) is 0 Å². The smallest absolute Gasteiger partial charge is 0.165 e. The Morgan fingerprint density at radius 1 is 1.32 bits per heavy atom. The van der Waals surface area contributed by atoms with Gasteiger partial charge < -0.3 is 15.4 Å². The molecule has 1 unspecified atom stereocenters. The van der Waals surface area contributed by atoms with Gasteiger partial charge >= 0.3 is 0 Å². The Morgan fingerprint density at radius 2 is 2.05 bits per heavy atom. The van der Waals surface area contributed by atoms with E-state index in [-0.39, 0.29) is 11.7 Å². The molecule has 0 amide bonds. The van der Waals surface area contributed by atoms with E-state index in [1.807, 2.05) is 13.0 Å². The lowest BCUT2D eigenvalue weighted by atomic mass is 9.80. The van der Waals surface area contributed by atoms with Crippen molar-refractivity contribution in [2.45, 2.75) is 39.0 Å². The molecular formula is C18H29FN2O. The molecule has 1 atom stereocenters. The summed E-state index contributed by atoms with van der Waals surface area (Å²) in [6.07, 6.45) is 3.50. The van der Waals surface area contributed by atoms with Crippen molar-refractivity contribution < 1.29 is 9.13 Å². The first-order valence-corrected chi connectivity index (χ1v) is 8.54. The van der Waals surface area contributed by atoms with Crippen LogP contribution < -0.4 is 10.5 Å². The molecule has 0 aliphatic carbocycles. The summed E-state index contributed by atoms with van der Waals surface area (Å²) in [5.41, 5.74) is 7.02. The first kappa shape index (κ1) is 17.2. The normalized spacial score (nSPS) is 18.4. The van der Waals surface area contributed by atoms with Crippen LogP contribution in [0.1, 0.15) is 44.6 Å². The van der Waals surface area contributed by atoms with Crippen LogP contribution in [-0.4, -0.2) is 37.7 Å². The highest BCUT2D eigenvalue weighted by Crippen LogP contribution is 2.33. The van der Waals surface area contributed by atoms with Crippen LogP contribution >= 0.6 is 0 Å². The van der Waals surface area contributed by atoms with Gasteiger partial charge in [0.15, 0.2) is 11.6 Å². The standard InChI is InChI=1S/C18H29FN2O/c1-3-9-21-10-7-14(8-11-21)16(13-20)15-5-6-18(22-4-2)17(19)12-15/h5-6,12,14,16H,3-4,7-11,13,20H2,1-2H3. The van der Waals surface area contributed by atoms with Crippen molar-refractivity contribution >= 4 is 0 Å². The second-order valence-corrected chi connectivity index (χ2v) is 6.14. The van der Waals surface area contributed by atoms with Crippen LogP contribution in [0, 0.1) is 11.7 Å². The average Bonchev–Trinajstić information content (AvgIpc) is 2.53. The Kier molecular flexibility index (Phi) is 6.65. The predicted molar refractivity (Wildman–Crippen MR) is 88.8 cm³/mol. The second kappa shape index (κ2) is 8.49. The van der Waals surface area contributed by atoms with Crippen LogP contribution in [0.3, 0.4) is 0 Å². The molecule has 3 nitrogen and oxygen atoms in total. The molecule has 1 aliphatic heterocycles. The van der Waals surface area contributed by atoms with Gasteiger partial charge in [-0.15, -0.1) is 0 Å². The van der Waals surface area contributed by atoms with Crippen molar-refractivity contribution in [2.24, 2.45) is 11.7 Å². The minimum atomic E-state index is -0.277. The van der Waals surface area contributed by atoms with E-state index >= 15 is 0 Å². The number of hydrogen-bond acceptors (Lipinski definition) is 3. The SMILES string of the molecule is CCCN1CCC(C(CN)c2ccc(OCC)c(F)c2)CC1. The van der Waals surface area contributed by atoms with Crippen molar-refractivity contribution in [3.63, 3.8) is 0 Å². The van der Waals surface area contributed by atoms with Crippen LogP contribution in [-0.2, 0) is 0 Å². The molecule has 124 valence electrons. The van der Waals surface area contributed by atoms with Crippen molar-refractivity contribution in [2.75, 3.05) is 32.8 Å². The van der Waals surface area contributed by atoms with Gasteiger partial charge in [0, 0.05) is 0 Å². The van der Waals surface area contributed by atoms with Gasteiger partial charge in [-0.05, 0) is 81.9 Å². The third kappa shape index (κ3) is 4.20. The Labute approximate surface area is 133 Å². The zero-order valence-electron chi connectivity index (χ0n) is 13.9. The first-order valence-electron chi connectivity index (χ1n) is 8.54. The Morgan fingerprint density at radius 3 is 2.59 bits per heavy atom. The molecule has 0 spiro atoms. The molecule has 2 rings (SSSR count). The number of ether oxygens (including phenoxy) is 1. The number of hydrogen-bond donors (Lipinski definition) is 1. The van der Waals surface area contributed by atoms with E-state index in [9.17, 15) is 4.39 Å². The zero-order valence-corrected chi connectivity index (χ0v) is 13.9. The van der Waals surface area contributed by atoms with E-state index in [2.05, 4.69) is 11.8 Å². The van der Waals surface area contributed by atoms with Gasteiger partial charge in [-0.1, -0.05) is 13.0 Å². The van der Waals surface area contributed by atoms with Crippen LogP contribution in [0.2, 0.25) is 0 Å². The molecular weight excluding hydrogens is 279 g/mol. The lowest BCUT2D eigenvalue weighted by molar-refractivity contribution is 0.169. The van der Waals surface area contributed by atoms with E-state index in [4.69, 9.17) is 10.5 Å². The summed E-state index contributed by atoms with van der Waals surface area (Å²) in [6, 6.07) is 5.33. The Bertz CT molecular complexity index is 458. The summed E-state index contributed by atoms with van der Waals surface area (Å²) in [7, 11) is 0. The molecule has 0 saturated carbocycles. The maximum Gasteiger partial charge on any atom is 0.165 e. The van der Waals surface area contributed by atoms with Crippen LogP contribution in [0.4, 0.5) is 4.39 Å². The molecule has 1 saturated heterocycles. The van der Waals surface area contributed by atoms with Crippen molar-refractivity contribution in [3.05, 3.63) is 29.6 Å². The van der Waals surface area contributed by atoms with Crippen LogP contribution in [0.25, 0.3) is 0 Å². The third-order valence-corrected chi connectivity index (χ3v) is 4.68. The fourth-order valence-electron chi connectivity index (χ4n) is 3.52. The van der Waals surface area contributed by atoms with E-state index in [0.717, 1.165) is 31.5 Å². The van der Waals surface area contributed by atoms with Gasteiger partial charge in [0.25, 0.3) is 0 Å². The highest BCUT2D eigenvalue weighted by Gasteiger charge is 2.27. The van der Waals surface area contributed by atoms with Gasteiger partial charge in [-0.3, -0.25) is 0 Å². The van der Waals surface area contributed by atoms with E-state index in [1.54, 1.807) is 12.1 Å². The number of benzene rings is 1. The summed E-state index contributed by atoms with van der Waals surface area (Å²) in [5.74, 6) is 0.852. The molecule has 4 heteroatoms. The number of rotatable bonds is 7. The molecule has 1 aromatic rings. The summed E-state index contributed by atoms with van der Waals surface area (Å²) >= 11 is 0. The first-order chi connectivity index (χ1) is 10.7. The fraction of sp³-hybridized carbons (Fsp3) is 0.667. The third-order valence-electron chi connectivity index (χ3n) is 4.68. The summed E-state index contributed by atoms with van der Waals surface area (Å²) in [6.45, 7) is 8.58. The Hall–Kier alpha value is -1.13. The van der Waals surface area contributed by atoms with Crippen LogP contribution in [0.5, 0.6) is 5.75 Å².